The molecule has 0 N–H and O–H groups in total. The van der Waals surface area contributed by atoms with Gasteiger partial charge in [0.25, 0.3) is 0 Å². The van der Waals surface area contributed by atoms with Crippen LogP contribution in [-0.2, 0) is 12.8 Å². The lowest BCUT2D eigenvalue weighted by molar-refractivity contribution is -0.0520. The van der Waals surface area contributed by atoms with E-state index in [1.54, 1.807) is 12.5 Å². The molecule has 4 fully saturated rings. The minimum atomic E-state index is 0.0971. The van der Waals surface area contributed by atoms with E-state index in [0.717, 1.165) is 48.6 Å². The zero-order chi connectivity index (χ0) is 31.9. The zero-order valence-corrected chi connectivity index (χ0v) is 28.3. The number of allylic oxidation sites excluding steroid dienone is 2. The highest BCUT2D eigenvalue weighted by molar-refractivity contribution is 5.22. The summed E-state index contributed by atoms with van der Waals surface area (Å²) in [6.07, 6.45) is 20.2. The third kappa shape index (κ3) is 6.12. The van der Waals surface area contributed by atoms with Crippen molar-refractivity contribution in [2.75, 3.05) is 0 Å². The average molecular weight is 601 g/mol. The topological polar surface area (TPSA) is 60.4 Å². The quantitative estimate of drug-likeness (QED) is 0.328. The first-order chi connectivity index (χ1) is 20.7. The zero-order valence-electron chi connectivity index (χ0n) is 28.3. The molecular weight excluding hydrogens is 544 g/mol. The molecule has 0 amide bonds. The Kier molecular flexibility index (Phi) is 9.15. The molecule has 0 unspecified atom stereocenters. The molecule has 2 aromatic rings. The van der Waals surface area contributed by atoms with Gasteiger partial charge in [-0.2, -0.15) is 0 Å². The molecular formula is C40H56O4. The fourth-order valence-corrected chi connectivity index (χ4v) is 10.8. The summed E-state index contributed by atoms with van der Waals surface area (Å²) in [4.78, 5) is 24.2. The van der Waals surface area contributed by atoms with Crippen LogP contribution in [0.4, 0.5) is 0 Å². The first-order valence-corrected chi connectivity index (χ1v) is 17.2. The first kappa shape index (κ1) is 32.8. The summed E-state index contributed by atoms with van der Waals surface area (Å²) in [7, 11) is 0. The van der Waals surface area contributed by atoms with Crippen molar-refractivity contribution in [1.82, 2.24) is 0 Å². The van der Waals surface area contributed by atoms with Gasteiger partial charge in [0.1, 0.15) is 0 Å². The van der Waals surface area contributed by atoms with Crippen LogP contribution in [-0.4, -0.2) is 0 Å². The first-order valence-electron chi connectivity index (χ1n) is 17.2. The lowest BCUT2D eigenvalue weighted by atomic mass is 9.47. The summed E-state index contributed by atoms with van der Waals surface area (Å²) < 4.78 is 10.5. The SMILES string of the molecule is C=C1CC[C@H]2C(C)(C)CCC[C@]2(C)[C@H]1Cc1coccc1=O.C=C1CC[C@H]2C(C)(C)CCC[C@]2(C)[C@H]1Cc1coccc1=O. The summed E-state index contributed by atoms with van der Waals surface area (Å²) in [5, 5.41) is 0. The van der Waals surface area contributed by atoms with Crippen molar-refractivity contribution in [2.24, 2.45) is 45.3 Å². The Labute approximate surface area is 265 Å². The predicted octanol–water partition coefficient (Wildman–Crippen LogP) is 9.96. The van der Waals surface area contributed by atoms with Crippen molar-refractivity contribution in [3.63, 3.8) is 0 Å². The maximum absolute atomic E-state index is 12.1. The van der Waals surface area contributed by atoms with Crippen molar-refractivity contribution in [3.05, 3.63) is 93.1 Å². The van der Waals surface area contributed by atoms with Gasteiger partial charge in [0.05, 0.1) is 25.1 Å². The second-order valence-corrected chi connectivity index (χ2v) is 16.6. The summed E-state index contributed by atoms with van der Waals surface area (Å²) in [5.41, 5.74) is 5.79. The molecule has 4 aliphatic carbocycles. The van der Waals surface area contributed by atoms with Crippen LogP contribution in [0.1, 0.15) is 117 Å². The molecule has 0 saturated heterocycles. The van der Waals surface area contributed by atoms with Crippen molar-refractivity contribution in [2.45, 2.75) is 119 Å². The number of hydrogen-bond donors (Lipinski definition) is 0. The Hall–Kier alpha value is -2.62. The molecule has 6 rings (SSSR count). The minimum absolute atomic E-state index is 0.0971. The van der Waals surface area contributed by atoms with E-state index in [0.29, 0.717) is 22.7 Å². The van der Waals surface area contributed by atoms with Gasteiger partial charge in [0, 0.05) is 23.3 Å². The van der Waals surface area contributed by atoms with Gasteiger partial charge in [-0.15, -0.1) is 0 Å². The third-order valence-corrected chi connectivity index (χ3v) is 13.1. The number of rotatable bonds is 4. The fourth-order valence-electron chi connectivity index (χ4n) is 10.8. The van der Waals surface area contributed by atoms with E-state index in [2.05, 4.69) is 54.7 Å². The molecule has 2 aromatic heterocycles. The summed E-state index contributed by atoms with van der Waals surface area (Å²) in [5.74, 6) is 2.24. The largest absolute Gasteiger partial charge is 0.472 e. The number of hydrogen-bond acceptors (Lipinski definition) is 4. The van der Waals surface area contributed by atoms with E-state index in [1.165, 1.54) is 87.2 Å². The van der Waals surface area contributed by atoms with Gasteiger partial charge in [-0.1, -0.05) is 78.7 Å². The van der Waals surface area contributed by atoms with Gasteiger partial charge in [-0.25, -0.2) is 0 Å². The van der Waals surface area contributed by atoms with Crippen molar-refractivity contribution in [3.8, 4) is 0 Å². The lowest BCUT2D eigenvalue weighted by Crippen LogP contribution is -2.50. The second kappa shape index (κ2) is 12.3. The van der Waals surface area contributed by atoms with Gasteiger partial charge < -0.3 is 8.83 Å². The van der Waals surface area contributed by atoms with E-state index in [-0.39, 0.29) is 21.7 Å². The Morgan fingerprint density at radius 2 is 1.05 bits per heavy atom. The maximum Gasteiger partial charge on any atom is 0.187 e. The normalized spacial score (nSPS) is 34.2. The minimum Gasteiger partial charge on any atom is -0.472 e. The molecule has 240 valence electrons. The third-order valence-electron chi connectivity index (χ3n) is 13.1. The molecule has 0 bridgehead atoms. The summed E-state index contributed by atoms with van der Waals surface area (Å²) >= 11 is 0. The molecule has 2 heterocycles. The van der Waals surface area contributed by atoms with Crippen LogP contribution in [0.15, 0.2) is 79.9 Å². The molecule has 4 heteroatoms. The van der Waals surface area contributed by atoms with Crippen LogP contribution in [0.25, 0.3) is 0 Å². The lowest BCUT2D eigenvalue weighted by Gasteiger charge is -2.58. The molecule has 44 heavy (non-hydrogen) atoms. The molecule has 0 spiro atoms. The average Bonchev–Trinajstić information content (AvgIpc) is 2.94. The molecule has 4 nitrogen and oxygen atoms in total. The van der Waals surface area contributed by atoms with Gasteiger partial charge >= 0.3 is 0 Å². The fraction of sp³-hybridized carbons (Fsp3) is 0.650. The van der Waals surface area contributed by atoms with Crippen LogP contribution in [0.3, 0.4) is 0 Å². The predicted molar refractivity (Wildman–Crippen MR) is 180 cm³/mol. The van der Waals surface area contributed by atoms with Gasteiger partial charge in [0.15, 0.2) is 10.9 Å². The molecule has 4 aliphatic rings. The van der Waals surface area contributed by atoms with Gasteiger partial charge in [-0.3, -0.25) is 9.59 Å². The number of fused-ring (bicyclic) bond motifs is 2. The van der Waals surface area contributed by atoms with E-state index in [9.17, 15) is 9.59 Å². The van der Waals surface area contributed by atoms with Crippen molar-refractivity contribution < 1.29 is 8.83 Å². The molecule has 0 aliphatic heterocycles. The summed E-state index contributed by atoms with van der Waals surface area (Å²) in [6, 6.07) is 3.07. The van der Waals surface area contributed by atoms with E-state index >= 15 is 0 Å². The summed E-state index contributed by atoms with van der Waals surface area (Å²) in [6.45, 7) is 23.3. The highest BCUT2D eigenvalue weighted by Gasteiger charge is 2.54. The van der Waals surface area contributed by atoms with Crippen molar-refractivity contribution >= 4 is 0 Å². The Morgan fingerprint density at radius 3 is 1.41 bits per heavy atom. The van der Waals surface area contributed by atoms with Gasteiger partial charge in [0.2, 0.25) is 0 Å². The van der Waals surface area contributed by atoms with Gasteiger partial charge in [-0.05, 0) is 110 Å². The van der Waals surface area contributed by atoms with Crippen LogP contribution in [0.5, 0.6) is 0 Å². The van der Waals surface area contributed by atoms with E-state index in [4.69, 9.17) is 8.83 Å². The highest BCUT2D eigenvalue weighted by atomic mass is 16.3. The Balaban J connectivity index is 0.000000175. The smallest absolute Gasteiger partial charge is 0.187 e. The second-order valence-electron chi connectivity index (χ2n) is 16.6. The van der Waals surface area contributed by atoms with Crippen LogP contribution in [0.2, 0.25) is 0 Å². The Bertz CT molecular complexity index is 1360. The van der Waals surface area contributed by atoms with Crippen LogP contribution >= 0.6 is 0 Å². The van der Waals surface area contributed by atoms with Crippen LogP contribution in [0, 0.1) is 45.3 Å². The monoisotopic (exact) mass is 600 g/mol. The molecule has 4 saturated carbocycles. The standard InChI is InChI=1S/2C20H28O2/c2*1-14-6-7-18-19(2,3)9-5-10-20(18,4)16(14)12-15-13-22-11-8-17(15)21/h2*8,11,13,16,18H,1,5-7,9-10,12H2,2-4H3/t2*16-,18-,20+/m00/s1. The van der Waals surface area contributed by atoms with Crippen LogP contribution < -0.4 is 10.9 Å². The molecule has 0 aromatic carbocycles. The van der Waals surface area contributed by atoms with E-state index in [1.807, 2.05) is 0 Å². The van der Waals surface area contributed by atoms with Crippen molar-refractivity contribution in [1.29, 1.82) is 0 Å². The van der Waals surface area contributed by atoms with E-state index < -0.39 is 0 Å². The molecule has 0 radical (unpaired) electrons. The molecule has 6 atom stereocenters. The Morgan fingerprint density at radius 1 is 0.659 bits per heavy atom. The maximum atomic E-state index is 12.1. The highest BCUT2D eigenvalue weighted by Crippen LogP contribution is 2.62.